The minimum Gasteiger partial charge on any atom is -0.506 e. The number of rotatable bonds is 5. The number of phenolic OH excluding ortho intramolecular Hbond substituents is 1. The number of aromatic hydroxyl groups is 1. The molecule has 0 aliphatic heterocycles. The summed E-state index contributed by atoms with van der Waals surface area (Å²) in [5, 5.41) is 30.5. The lowest BCUT2D eigenvalue weighted by Gasteiger charge is -2.19. The first-order chi connectivity index (χ1) is 11.7. The Balaban J connectivity index is 1.96. The van der Waals surface area contributed by atoms with Gasteiger partial charge in [0, 0.05) is 0 Å². The molecule has 0 aliphatic carbocycles. The van der Waals surface area contributed by atoms with Crippen molar-refractivity contribution in [2.75, 3.05) is 11.9 Å². The second-order valence-corrected chi connectivity index (χ2v) is 6.76. The van der Waals surface area contributed by atoms with Gasteiger partial charge in [0.05, 0.1) is 5.69 Å². The quantitative estimate of drug-likeness (QED) is 0.486. The minimum atomic E-state index is -1.69. The summed E-state index contributed by atoms with van der Waals surface area (Å²) in [7, 11) is -1.69. The van der Waals surface area contributed by atoms with Crippen molar-refractivity contribution in [1.29, 1.82) is 0 Å². The van der Waals surface area contributed by atoms with Crippen molar-refractivity contribution >= 4 is 24.2 Å². The highest BCUT2D eigenvalue weighted by Gasteiger charge is 2.15. The highest BCUT2D eigenvalue weighted by Crippen LogP contribution is 2.24. The van der Waals surface area contributed by atoms with Crippen LogP contribution in [0.25, 0.3) is 0 Å². The molecular weight excluding hydrogens is 321 g/mol. The van der Waals surface area contributed by atoms with Crippen molar-refractivity contribution in [3.63, 3.8) is 0 Å². The number of anilines is 1. The number of amides is 1. The summed E-state index contributed by atoms with van der Waals surface area (Å²) in [5.41, 5.74) is 1.44. The molecule has 0 aromatic heterocycles. The first kappa shape index (κ1) is 18.8. The van der Waals surface area contributed by atoms with Crippen molar-refractivity contribution in [3.05, 3.63) is 48.0 Å². The number of carbonyl (C=O) groups excluding carboxylic acids is 1. The molecule has 132 valence electrons. The van der Waals surface area contributed by atoms with Crippen molar-refractivity contribution < 1.29 is 24.7 Å². The maximum atomic E-state index is 12.0. The Morgan fingerprint density at radius 1 is 1.12 bits per heavy atom. The summed E-state index contributed by atoms with van der Waals surface area (Å²) < 4.78 is 5.43. The van der Waals surface area contributed by atoms with Gasteiger partial charge in [0.25, 0.3) is 5.91 Å². The van der Waals surface area contributed by atoms with E-state index in [0.717, 1.165) is 5.56 Å². The average molecular weight is 343 g/mol. The van der Waals surface area contributed by atoms with Gasteiger partial charge in [0.15, 0.2) is 6.61 Å². The summed E-state index contributed by atoms with van der Waals surface area (Å²) in [6.07, 6.45) is 0. The normalized spacial score (nSPS) is 11.1. The van der Waals surface area contributed by atoms with Crippen LogP contribution in [0.2, 0.25) is 0 Å². The largest absolute Gasteiger partial charge is 0.506 e. The van der Waals surface area contributed by atoms with Gasteiger partial charge in [-0.2, -0.15) is 0 Å². The van der Waals surface area contributed by atoms with E-state index in [1.807, 2.05) is 12.1 Å². The summed E-state index contributed by atoms with van der Waals surface area (Å²) in [6.45, 7) is 6.10. The number of ether oxygens (including phenoxy) is 1. The SMILES string of the molecule is CC(C)(C)c1ccc(OCC(=O)Nc2cc(B(O)O)ccc2O)cc1. The van der Waals surface area contributed by atoms with Crippen LogP contribution in [0.5, 0.6) is 11.5 Å². The second kappa shape index (κ2) is 7.59. The third kappa shape index (κ3) is 5.24. The molecule has 25 heavy (non-hydrogen) atoms. The molecule has 0 spiro atoms. The molecule has 2 aromatic rings. The van der Waals surface area contributed by atoms with E-state index >= 15 is 0 Å². The minimum absolute atomic E-state index is 0.0374. The molecule has 0 bridgehead atoms. The molecule has 0 unspecified atom stereocenters. The number of hydrogen-bond acceptors (Lipinski definition) is 5. The zero-order chi connectivity index (χ0) is 18.6. The molecular formula is C18H22BNO5. The molecule has 4 N–H and O–H groups in total. The van der Waals surface area contributed by atoms with Crippen LogP contribution >= 0.6 is 0 Å². The van der Waals surface area contributed by atoms with Crippen LogP contribution in [0.15, 0.2) is 42.5 Å². The molecule has 1 amide bonds. The fourth-order valence-corrected chi connectivity index (χ4v) is 2.20. The zero-order valence-electron chi connectivity index (χ0n) is 14.5. The van der Waals surface area contributed by atoms with Crippen LogP contribution in [-0.2, 0) is 10.2 Å². The molecule has 2 rings (SSSR count). The van der Waals surface area contributed by atoms with Crippen LogP contribution in [0.1, 0.15) is 26.3 Å². The predicted octanol–water partition coefficient (Wildman–Crippen LogP) is 1.39. The number of carbonyl (C=O) groups is 1. The van der Waals surface area contributed by atoms with E-state index in [2.05, 4.69) is 26.1 Å². The van der Waals surface area contributed by atoms with Gasteiger partial charge in [0.2, 0.25) is 0 Å². The standard InChI is InChI=1S/C18H22BNO5/c1-18(2,3)12-4-7-14(8-5-12)25-11-17(22)20-15-10-13(19(23)24)6-9-16(15)21/h4-10,21,23-24H,11H2,1-3H3,(H,20,22). The summed E-state index contributed by atoms with van der Waals surface area (Å²) in [6, 6.07) is 11.4. The Labute approximate surface area is 147 Å². The van der Waals surface area contributed by atoms with Gasteiger partial charge >= 0.3 is 7.12 Å². The Morgan fingerprint density at radius 2 is 1.76 bits per heavy atom. The molecule has 0 fully saturated rings. The smallest absolute Gasteiger partial charge is 0.488 e. The fraction of sp³-hybridized carbons (Fsp3) is 0.278. The van der Waals surface area contributed by atoms with E-state index in [9.17, 15) is 9.90 Å². The molecule has 0 radical (unpaired) electrons. The fourth-order valence-electron chi connectivity index (χ4n) is 2.20. The second-order valence-electron chi connectivity index (χ2n) is 6.76. The topological polar surface area (TPSA) is 99.0 Å². The predicted molar refractivity (Wildman–Crippen MR) is 97.2 cm³/mol. The van der Waals surface area contributed by atoms with E-state index in [0.29, 0.717) is 5.75 Å². The Bertz CT molecular complexity index is 738. The third-order valence-electron chi connectivity index (χ3n) is 3.68. The van der Waals surface area contributed by atoms with E-state index < -0.39 is 13.0 Å². The highest BCUT2D eigenvalue weighted by molar-refractivity contribution is 6.58. The Hall–Kier alpha value is -2.51. The lowest BCUT2D eigenvalue weighted by molar-refractivity contribution is -0.118. The van der Waals surface area contributed by atoms with Crippen LogP contribution < -0.4 is 15.5 Å². The molecule has 6 nitrogen and oxygen atoms in total. The summed E-state index contributed by atoms with van der Waals surface area (Å²) in [4.78, 5) is 12.0. The van der Waals surface area contributed by atoms with E-state index in [4.69, 9.17) is 14.8 Å². The van der Waals surface area contributed by atoms with E-state index in [1.54, 1.807) is 12.1 Å². The summed E-state index contributed by atoms with van der Waals surface area (Å²) in [5.74, 6) is -0.0843. The molecule has 0 heterocycles. The van der Waals surface area contributed by atoms with Crippen molar-refractivity contribution in [1.82, 2.24) is 0 Å². The van der Waals surface area contributed by atoms with E-state index in [-0.39, 0.29) is 28.9 Å². The maximum absolute atomic E-state index is 12.0. The first-order valence-electron chi connectivity index (χ1n) is 7.89. The van der Waals surface area contributed by atoms with Gasteiger partial charge in [-0.3, -0.25) is 4.79 Å². The lowest BCUT2D eigenvalue weighted by atomic mass is 9.80. The Kier molecular flexibility index (Phi) is 5.71. The highest BCUT2D eigenvalue weighted by atomic mass is 16.5. The van der Waals surface area contributed by atoms with Gasteiger partial charge in [0.1, 0.15) is 11.5 Å². The van der Waals surface area contributed by atoms with Gasteiger partial charge in [-0.05, 0) is 40.7 Å². The summed E-state index contributed by atoms with van der Waals surface area (Å²) >= 11 is 0. The lowest BCUT2D eigenvalue weighted by Crippen LogP contribution is -2.30. The maximum Gasteiger partial charge on any atom is 0.488 e. The molecule has 0 saturated heterocycles. The number of benzene rings is 2. The van der Waals surface area contributed by atoms with Crippen molar-refractivity contribution in [2.45, 2.75) is 26.2 Å². The molecule has 0 aliphatic rings. The molecule has 2 aromatic carbocycles. The van der Waals surface area contributed by atoms with Crippen LogP contribution in [0.4, 0.5) is 5.69 Å². The average Bonchev–Trinajstić information content (AvgIpc) is 2.54. The van der Waals surface area contributed by atoms with Gasteiger partial charge in [-0.15, -0.1) is 0 Å². The van der Waals surface area contributed by atoms with Crippen LogP contribution in [-0.4, -0.2) is 34.8 Å². The van der Waals surface area contributed by atoms with Gasteiger partial charge in [-0.25, -0.2) is 0 Å². The number of hydrogen-bond donors (Lipinski definition) is 4. The molecule has 7 heteroatoms. The van der Waals surface area contributed by atoms with Crippen LogP contribution in [0, 0.1) is 0 Å². The number of nitrogens with one attached hydrogen (secondary N) is 1. The van der Waals surface area contributed by atoms with Crippen molar-refractivity contribution in [3.8, 4) is 11.5 Å². The third-order valence-corrected chi connectivity index (χ3v) is 3.68. The number of phenols is 1. The van der Waals surface area contributed by atoms with Crippen molar-refractivity contribution in [2.24, 2.45) is 0 Å². The monoisotopic (exact) mass is 343 g/mol. The first-order valence-corrected chi connectivity index (χ1v) is 7.89. The molecule has 0 atom stereocenters. The van der Waals surface area contributed by atoms with E-state index in [1.165, 1.54) is 18.2 Å². The van der Waals surface area contributed by atoms with Gasteiger partial charge in [-0.1, -0.05) is 39.0 Å². The van der Waals surface area contributed by atoms with Gasteiger partial charge < -0.3 is 25.2 Å². The van der Waals surface area contributed by atoms with Crippen LogP contribution in [0.3, 0.4) is 0 Å². The zero-order valence-corrected chi connectivity index (χ0v) is 14.5. The Morgan fingerprint density at radius 3 is 2.32 bits per heavy atom. The molecule has 0 saturated carbocycles.